The molecule has 0 aromatic heterocycles. The summed E-state index contributed by atoms with van der Waals surface area (Å²) >= 11 is 0. The number of amides is 2. The minimum atomic E-state index is -0.400. The standard InChI is InChI=1S/C19H27N3O2.ClH/c1-19(2,3)18(24)22-13-14-4-6-16(7-5-14)17(23)21-12-15-8-10-20-11-9-15;/h4-8,20H,9-13H2,1-3H3,(H,21,23)(H,22,24);1H. The van der Waals surface area contributed by atoms with Gasteiger partial charge in [0.15, 0.2) is 0 Å². The maximum absolute atomic E-state index is 12.2. The first-order valence-corrected chi connectivity index (χ1v) is 8.40. The fourth-order valence-corrected chi connectivity index (χ4v) is 2.35. The van der Waals surface area contributed by atoms with Gasteiger partial charge in [0.1, 0.15) is 0 Å². The van der Waals surface area contributed by atoms with Crippen molar-refractivity contribution in [1.82, 2.24) is 16.0 Å². The second-order valence-corrected chi connectivity index (χ2v) is 7.13. The third-order valence-corrected chi connectivity index (χ3v) is 3.98. The highest BCUT2D eigenvalue weighted by Gasteiger charge is 2.20. The molecule has 25 heavy (non-hydrogen) atoms. The molecule has 0 bridgehead atoms. The second-order valence-electron chi connectivity index (χ2n) is 7.13. The van der Waals surface area contributed by atoms with Gasteiger partial charge in [0, 0.05) is 30.6 Å². The average molecular weight is 366 g/mol. The van der Waals surface area contributed by atoms with Gasteiger partial charge in [-0.3, -0.25) is 9.59 Å². The van der Waals surface area contributed by atoms with E-state index in [0.717, 1.165) is 25.1 Å². The van der Waals surface area contributed by atoms with Crippen LogP contribution in [0.15, 0.2) is 35.9 Å². The van der Waals surface area contributed by atoms with E-state index in [0.29, 0.717) is 18.7 Å². The smallest absolute Gasteiger partial charge is 0.251 e. The Labute approximate surface area is 156 Å². The number of rotatable bonds is 5. The molecule has 0 spiro atoms. The molecular weight excluding hydrogens is 338 g/mol. The van der Waals surface area contributed by atoms with Crippen LogP contribution in [0.2, 0.25) is 0 Å². The lowest BCUT2D eigenvalue weighted by atomic mass is 9.95. The van der Waals surface area contributed by atoms with Crippen LogP contribution < -0.4 is 16.0 Å². The van der Waals surface area contributed by atoms with Gasteiger partial charge in [-0.25, -0.2) is 0 Å². The fourth-order valence-electron chi connectivity index (χ4n) is 2.35. The summed E-state index contributed by atoms with van der Waals surface area (Å²) in [7, 11) is 0. The molecule has 0 atom stereocenters. The number of benzene rings is 1. The van der Waals surface area contributed by atoms with Gasteiger partial charge in [0.05, 0.1) is 0 Å². The topological polar surface area (TPSA) is 70.2 Å². The highest BCUT2D eigenvalue weighted by Crippen LogP contribution is 2.13. The molecule has 1 aromatic rings. The first kappa shape index (κ1) is 21.2. The molecule has 3 N–H and O–H groups in total. The maximum atomic E-state index is 12.2. The summed E-state index contributed by atoms with van der Waals surface area (Å²) in [5.41, 5.74) is 2.48. The van der Waals surface area contributed by atoms with Crippen LogP contribution in [0.1, 0.15) is 43.1 Å². The van der Waals surface area contributed by atoms with E-state index in [2.05, 4.69) is 22.0 Å². The zero-order valence-corrected chi connectivity index (χ0v) is 16.0. The van der Waals surface area contributed by atoms with Crippen molar-refractivity contribution in [2.24, 2.45) is 5.41 Å². The van der Waals surface area contributed by atoms with Gasteiger partial charge in [-0.15, -0.1) is 12.4 Å². The second kappa shape index (κ2) is 9.59. The molecule has 0 aliphatic carbocycles. The average Bonchev–Trinajstić information content (AvgIpc) is 2.58. The molecule has 0 saturated heterocycles. The zero-order chi connectivity index (χ0) is 17.6. The van der Waals surface area contributed by atoms with Crippen molar-refractivity contribution < 1.29 is 9.59 Å². The zero-order valence-electron chi connectivity index (χ0n) is 15.1. The summed E-state index contributed by atoms with van der Waals surface area (Å²) in [6.45, 7) is 8.56. The minimum Gasteiger partial charge on any atom is -0.352 e. The third-order valence-electron chi connectivity index (χ3n) is 3.98. The van der Waals surface area contributed by atoms with Crippen LogP contribution in [0.4, 0.5) is 0 Å². The van der Waals surface area contributed by atoms with Gasteiger partial charge in [-0.2, -0.15) is 0 Å². The van der Waals surface area contributed by atoms with E-state index in [1.54, 1.807) is 12.1 Å². The SMILES string of the molecule is CC(C)(C)C(=O)NCc1ccc(C(=O)NCC2=CCNCC2)cc1.Cl. The van der Waals surface area contributed by atoms with Crippen molar-refractivity contribution >= 4 is 24.2 Å². The third kappa shape index (κ3) is 6.88. The minimum absolute atomic E-state index is 0. The van der Waals surface area contributed by atoms with Gasteiger partial charge in [0.2, 0.25) is 5.91 Å². The molecule has 0 unspecified atom stereocenters. The first-order valence-electron chi connectivity index (χ1n) is 8.40. The first-order chi connectivity index (χ1) is 11.4. The summed E-state index contributed by atoms with van der Waals surface area (Å²) in [4.78, 5) is 24.0. The van der Waals surface area contributed by atoms with Gasteiger partial charge in [0.25, 0.3) is 5.91 Å². The van der Waals surface area contributed by atoms with Crippen molar-refractivity contribution in [3.63, 3.8) is 0 Å². The molecular formula is C19H28ClN3O2. The Balaban J connectivity index is 0.00000312. The van der Waals surface area contributed by atoms with E-state index in [1.807, 2.05) is 32.9 Å². The predicted octanol–water partition coefficient (Wildman–Crippen LogP) is 2.42. The Bertz CT molecular complexity index is 619. The molecule has 0 saturated carbocycles. The molecule has 2 amide bonds. The Hall–Kier alpha value is -1.85. The highest BCUT2D eigenvalue weighted by molar-refractivity contribution is 5.94. The Morgan fingerprint density at radius 1 is 1.08 bits per heavy atom. The van der Waals surface area contributed by atoms with E-state index in [4.69, 9.17) is 0 Å². The Morgan fingerprint density at radius 3 is 2.32 bits per heavy atom. The molecule has 0 fully saturated rings. The molecule has 1 aromatic carbocycles. The normalized spacial score (nSPS) is 14.1. The van der Waals surface area contributed by atoms with Crippen molar-refractivity contribution in [3.05, 3.63) is 47.0 Å². The number of carbonyl (C=O) groups excluding carboxylic acids is 2. The van der Waals surface area contributed by atoms with Crippen molar-refractivity contribution in [2.75, 3.05) is 19.6 Å². The van der Waals surface area contributed by atoms with Crippen LogP contribution in [0.25, 0.3) is 0 Å². The van der Waals surface area contributed by atoms with E-state index in [1.165, 1.54) is 5.57 Å². The van der Waals surface area contributed by atoms with Gasteiger partial charge >= 0.3 is 0 Å². The molecule has 138 valence electrons. The number of carbonyl (C=O) groups is 2. The highest BCUT2D eigenvalue weighted by atomic mass is 35.5. The lowest BCUT2D eigenvalue weighted by Gasteiger charge is -2.17. The predicted molar refractivity (Wildman–Crippen MR) is 103 cm³/mol. The number of hydrogen-bond acceptors (Lipinski definition) is 3. The molecule has 1 aliphatic heterocycles. The molecule has 2 rings (SSSR count). The largest absolute Gasteiger partial charge is 0.352 e. The number of hydrogen-bond donors (Lipinski definition) is 3. The van der Waals surface area contributed by atoms with Gasteiger partial charge in [-0.1, -0.05) is 44.6 Å². The molecule has 6 heteroatoms. The number of halogens is 1. The summed E-state index contributed by atoms with van der Waals surface area (Å²) in [5.74, 6) is -0.0562. The van der Waals surface area contributed by atoms with E-state index < -0.39 is 5.41 Å². The van der Waals surface area contributed by atoms with Crippen LogP contribution >= 0.6 is 12.4 Å². The van der Waals surface area contributed by atoms with Crippen LogP contribution in [0.5, 0.6) is 0 Å². The van der Waals surface area contributed by atoms with Crippen LogP contribution in [0, 0.1) is 5.41 Å². The summed E-state index contributed by atoms with van der Waals surface area (Å²) in [5, 5.41) is 9.11. The van der Waals surface area contributed by atoms with Crippen LogP contribution in [0.3, 0.4) is 0 Å². The van der Waals surface area contributed by atoms with E-state index in [-0.39, 0.29) is 24.2 Å². The molecule has 1 heterocycles. The quantitative estimate of drug-likeness (QED) is 0.702. The Kier molecular flexibility index (Phi) is 8.13. The summed E-state index contributed by atoms with van der Waals surface area (Å²) in [6, 6.07) is 7.35. The lowest BCUT2D eigenvalue weighted by molar-refractivity contribution is -0.128. The van der Waals surface area contributed by atoms with Crippen LogP contribution in [-0.4, -0.2) is 31.4 Å². The fraction of sp³-hybridized carbons (Fsp3) is 0.474. The Morgan fingerprint density at radius 2 is 1.76 bits per heavy atom. The van der Waals surface area contributed by atoms with E-state index in [9.17, 15) is 9.59 Å². The van der Waals surface area contributed by atoms with Crippen LogP contribution in [-0.2, 0) is 11.3 Å². The molecule has 5 nitrogen and oxygen atoms in total. The van der Waals surface area contributed by atoms with E-state index >= 15 is 0 Å². The van der Waals surface area contributed by atoms with Gasteiger partial charge < -0.3 is 16.0 Å². The maximum Gasteiger partial charge on any atom is 0.251 e. The van der Waals surface area contributed by atoms with Gasteiger partial charge in [-0.05, 0) is 30.7 Å². The van der Waals surface area contributed by atoms with Crippen molar-refractivity contribution in [3.8, 4) is 0 Å². The number of nitrogens with one attached hydrogen (secondary N) is 3. The molecule has 0 radical (unpaired) electrons. The van der Waals surface area contributed by atoms with Crippen molar-refractivity contribution in [2.45, 2.75) is 33.7 Å². The van der Waals surface area contributed by atoms with Crippen molar-refractivity contribution in [1.29, 1.82) is 0 Å². The monoisotopic (exact) mass is 365 g/mol. The lowest BCUT2D eigenvalue weighted by Crippen LogP contribution is -2.34. The molecule has 1 aliphatic rings. The summed E-state index contributed by atoms with van der Waals surface area (Å²) in [6.07, 6.45) is 3.11. The summed E-state index contributed by atoms with van der Waals surface area (Å²) < 4.78 is 0.